The fraction of sp³-hybridized carbons (Fsp3) is 0.636. The van der Waals surface area contributed by atoms with Crippen LogP contribution in [0.3, 0.4) is 0 Å². The topological polar surface area (TPSA) is 48.5 Å². The second-order valence-electron chi connectivity index (χ2n) is 8.35. The monoisotopic (exact) mass is 368 g/mol. The van der Waals surface area contributed by atoms with E-state index in [1.54, 1.807) is 0 Å². The van der Waals surface area contributed by atoms with Gasteiger partial charge in [0.05, 0.1) is 5.92 Å². The van der Waals surface area contributed by atoms with E-state index in [0.717, 1.165) is 58.4 Å². The number of carbonyl (C=O) groups is 1. The number of hydrogen-bond donors (Lipinski definition) is 1. The Hall–Kier alpha value is -1.72. The fourth-order valence-corrected chi connectivity index (χ4v) is 4.80. The van der Waals surface area contributed by atoms with E-state index in [-0.39, 0.29) is 11.8 Å². The SMILES string of the molecule is O=C(NC1CC=CC1)[C@H]1CCCN(C2CCN(Cc3cccnc3)CC2)C1. The number of pyridine rings is 1. The Morgan fingerprint density at radius 3 is 2.70 bits per heavy atom. The number of nitrogens with one attached hydrogen (secondary N) is 1. The second kappa shape index (κ2) is 8.98. The van der Waals surface area contributed by atoms with Crippen LogP contribution in [0.1, 0.15) is 44.1 Å². The highest BCUT2D eigenvalue weighted by molar-refractivity contribution is 5.79. The van der Waals surface area contributed by atoms with Crippen LogP contribution in [0.4, 0.5) is 0 Å². The molecule has 3 aliphatic rings. The summed E-state index contributed by atoms with van der Waals surface area (Å²) in [7, 11) is 0. The lowest BCUT2D eigenvalue weighted by molar-refractivity contribution is -0.127. The molecule has 0 aromatic carbocycles. The summed E-state index contributed by atoms with van der Waals surface area (Å²) in [6.45, 7) is 5.38. The molecule has 146 valence electrons. The second-order valence-corrected chi connectivity index (χ2v) is 8.35. The minimum absolute atomic E-state index is 0.174. The molecule has 0 bridgehead atoms. The highest BCUT2D eigenvalue weighted by Crippen LogP contribution is 2.25. The molecule has 1 aliphatic carbocycles. The number of rotatable bonds is 5. The standard InChI is InChI=1S/C22H32N4O/c27-22(24-20-7-1-2-8-20)19-6-4-12-26(17-19)21-9-13-25(14-10-21)16-18-5-3-11-23-15-18/h1-3,5,11,15,19-21H,4,6-10,12-14,16-17H2,(H,24,27)/t19-/m0/s1. The lowest BCUT2D eigenvalue weighted by atomic mass is 9.93. The first-order valence-corrected chi connectivity index (χ1v) is 10.6. The molecular weight excluding hydrogens is 336 g/mol. The van der Waals surface area contributed by atoms with Crippen LogP contribution in [-0.4, -0.2) is 59.0 Å². The van der Waals surface area contributed by atoms with Crippen LogP contribution >= 0.6 is 0 Å². The van der Waals surface area contributed by atoms with E-state index < -0.39 is 0 Å². The first kappa shape index (κ1) is 18.6. The fourth-order valence-electron chi connectivity index (χ4n) is 4.80. The van der Waals surface area contributed by atoms with Crippen molar-refractivity contribution in [2.75, 3.05) is 26.2 Å². The summed E-state index contributed by atoms with van der Waals surface area (Å²) in [6, 6.07) is 5.15. The van der Waals surface area contributed by atoms with Crippen molar-refractivity contribution in [1.82, 2.24) is 20.1 Å². The number of piperidine rings is 2. The van der Waals surface area contributed by atoms with Crippen molar-refractivity contribution in [3.05, 3.63) is 42.2 Å². The van der Waals surface area contributed by atoms with Gasteiger partial charge in [0, 0.05) is 37.6 Å². The molecule has 1 amide bonds. The van der Waals surface area contributed by atoms with Crippen LogP contribution in [0.15, 0.2) is 36.7 Å². The van der Waals surface area contributed by atoms with Gasteiger partial charge in [-0.3, -0.25) is 19.6 Å². The molecule has 1 N–H and O–H groups in total. The van der Waals surface area contributed by atoms with E-state index in [1.807, 2.05) is 18.5 Å². The van der Waals surface area contributed by atoms with Crippen molar-refractivity contribution in [2.24, 2.45) is 5.92 Å². The van der Waals surface area contributed by atoms with Gasteiger partial charge in [-0.05, 0) is 69.8 Å². The summed E-state index contributed by atoms with van der Waals surface area (Å²) < 4.78 is 0. The molecule has 0 radical (unpaired) electrons. The zero-order valence-electron chi connectivity index (χ0n) is 16.2. The van der Waals surface area contributed by atoms with Gasteiger partial charge >= 0.3 is 0 Å². The van der Waals surface area contributed by atoms with Crippen molar-refractivity contribution in [2.45, 2.75) is 57.2 Å². The highest BCUT2D eigenvalue weighted by atomic mass is 16.2. The Bertz CT molecular complexity index is 631. The smallest absolute Gasteiger partial charge is 0.224 e. The minimum Gasteiger partial charge on any atom is -0.352 e. The largest absolute Gasteiger partial charge is 0.352 e. The van der Waals surface area contributed by atoms with Gasteiger partial charge in [-0.1, -0.05) is 18.2 Å². The lowest BCUT2D eigenvalue weighted by Crippen LogP contribution is -2.51. The minimum atomic E-state index is 0.174. The number of carbonyl (C=O) groups excluding carboxylic acids is 1. The number of hydrogen-bond acceptors (Lipinski definition) is 4. The third-order valence-corrected chi connectivity index (χ3v) is 6.38. The quantitative estimate of drug-likeness (QED) is 0.812. The van der Waals surface area contributed by atoms with Gasteiger partial charge in [0.15, 0.2) is 0 Å². The Kier molecular flexibility index (Phi) is 6.20. The number of nitrogens with zero attached hydrogens (tertiary/aromatic N) is 3. The number of amides is 1. The molecule has 27 heavy (non-hydrogen) atoms. The molecule has 2 fully saturated rings. The van der Waals surface area contributed by atoms with Crippen LogP contribution in [0.2, 0.25) is 0 Å². The third kappa shape index (κ3) is 4.96. The molecular formula is C22H32N4O. The average molecular weight is 369 g/mol. The molecule has 3 heterocycles. The van der Waals surface area contributed by atoms with Gasteiger partial charge < -0.3 is 5.32 Å². The first-order chi connectivity index (χ1) is 13.3. The maximum absolute atomic E-state index is 12.7. The number of aromatic nitrogens is 1. The molecule has 1 aromatic rings. The maximum atomic E-state index is 12.7. The van der Waals surface area contributed by atoms with Crippen molar-refractivity contribution >= 4 is 5.91 Å². The first-order valence-electron chi connectivity index (χ1n) is 10.6. The highest BCUT2D eigenvalue weighted by Gasteiger charge is 2.32. The van der Waals surface area contributed by atoms with Gasteiger partial charge in [0.2, 0.25) is 5.91 Å². The van der Waals surface area contributed by atoms with Crippen LogP contribution in [-0.2, 0) is 11.3 Å². The van der Waals surface area contributed by atoms with Crippen molar-refractivity contribution < 1.29 is 4.79 Å². The van der Waals surface area contributed by atoms with Gasteiger partial charge in [-0.2, -0.15) is 0 Å². The van der Waals surface area contributed by atoms with Crippen molar-refractivity contribution in [1.29, 1.82) is 0 Å². The van der Waals surface area contributed by atoms with E-state index in [2.05, 4.69) is 38.3 Å². The van der Waals surface area contributed by atoms with E-state index >= 15 is 0 Å². The van der Waals surface area contributed by atoms with Crippen LogP contribution < -0.4 is 5.32 Å². The molecule has 1 atom stereocenters. The molecule has 4 rings (SSSR count). The lowest BCUT2D eigenvalue weighted by Gasteiger charge is -2.42. The number of likely N-dealkylation sites (tertiary alicyclic amines) is 2. The molecule has 0 saturated carbocycles. The molecule has 0 unspecified atom stereocenters. The van der Waals surface area contributed by atoms with Crippen LogP contribution in [0.5, 0.6) is 0 Å². The molecule has 0 spiro atoms. The van der Waals surface area contributed by atoms with E-state index in [4.69, 9.17) is 0 Å². The van der Waals surface area contributed by atoms with Gasteiger partial charge in [0.25, 0.3) is 0 Å². The third-order valence-electron chi connectivity index (χ3n) is 6.38. The predicted molar refractivity (Wildman–Crippen MR) is 107 cm³/mol. The Labute approximate surface area is 162 Å². The molecule has 1 aromatic heterocycles. The average Bonchev–Trinajstić information content (AvgIpc) is 3.22. The summed E-state index contributed by atoms with van der Waals surface area (Å²) in [5, 5.41) is 3.26. The summed E-state index contributed by atoms with van der Waals surface area (Å²) in [5.41, 5.74) is 1.30. The molecule has 2 aliphatic heterocycles. The van der Waals surface area contributed by atoms with E-state index in [0.29, 0.717) is 12.1 Å². The maximum Gasteiger partial charge on any atom is 0.224 e. The summed E-state index contributed by atoms with van der Waals surface area (Å²) >= 11 is 0. The van der Waals surface area contributed by atoms with E-state index in [9.17, 15) is 4.79 Å². The summed E-state index contributed by atoms with van der Waals surface area (Å²) in [6.07, 6.45) is 14.8. The normalized spacial score (nSPS) is 25.7. The zero-order chi connectivity index (χ0) is 18.5. The Balaban J connectivity index is 1.23. The van der Waals surface area contributed by atoms with Crippen molar-refractivity contribution in [3.63, 3.8) is 0 Å². The molecule has 2 saturated heterocycles. The molecule has 5 nitrogen and oxygen atoms in total. The van der Waals surface area contributed by atoms with Gasteiger partial charge in [-0.25, -0.2) is 0 Å². The van der Waals surface area contributed by atoms with Crippen molar-refractivity contribution in [3.8, 4) is 0 Å². The van der Waals surface area contributed by atoms with Gasteiger partial charge in [0.1, 0.15) is 0 Å². The van der Waals surface area contributed by atoms with Gasteiger partial charge in [-0.15, -0.1) is 0 Å². The Morgan fingerprint density at radius 1 is 1.15 bits per heavy atom. The van der Waals surface area contributed by atoms with Crippen LogP contribution in [0, 0.1) is 5.92 Å². The van der Waals surface area contributed by atoms with E-state index in [1.165, 1.54) is 18.4 Å². The Morgan fingerprint density at radius 2 is 1.96 bits per heavy atom. The van der Waals surface area contributed by atoms with Crippen LogP contribution in [0.25, 0.3) is 0 Å². The molecule has 5 heteroatoms. The zero-order valence-corrected chi connectivity index (χ0v) is 16.2. The summed E-state index contributed by atoms with van der Waals surface area (Å²) in [4.78, 5) is 22.0. The predicted octanol–water partition coefficient (Wildman–Crippen LogP) is 2.59. The summed E-state index contributed by atoms with van der Waals surface area (Å²) in [5.74, 6) is 0.454.